The highest BCUT2D eigenvalue weighted by Gasteiger charge is 2.15. The van der Waals surface area contributed by atoms with Crippen LogP contribution in [0, 0.1) is 0 Å². The quantitative estimate of drug-likeness (QED) is 0.649. The molecule has 0 spiro atoms. The van der Waals surface area contributed by atoms with Gasteiger partial charge in [-0.3, -0.25) is 4.79 Å². The topological polar surface area (TPSA) is 94.6 Å². The largest absolute Gasteiger partial charge is 0.491 e. The fraction of sp³-hybridized carbons (Fsp3) is 0.235. The van der Waals surface area contributed by atoms with Crippen molar-refractivity contribution in [2.24, 2.45) is 0 Å². The first kappa shape index (κ1) is 17.1. The highest BCUT2D eigenvalue weighted by atomic mass is 32.1. The minimum Gasteiger partial charge on any atom is -0.491 e. The number of thiophene rings is 1. The number of aliphatic hydroxyl groups is 1. The number of Topliss-reactive ketones (excluding diaryl/α,β-unsaturated/α-hetero) is 1. The molecule has 0 aliphatic carbocycles. The number of aromatic nitrogens is 2. The lowest BCUT2D eigenvalue weighted by Crippen LogP contribution is -2.29. The molecule has 0 radical (unpaired) electrons. The van der Waals surface area contributed by atoms with Crippen molar-refractivity contribution in [3.05, 3.63) is 57.9 Å². The summed E-state index contributed by atoms with van der Waals surface area (Å²) in [5.41, 5.74) is 0.528. The minimum atomic E-state index is -0.958. The number of hydrogen-bond donors (Lipinski definition) is 1. The Balaban J connectivity index is 1.61. The van der Waals surface area contributed by atoms with Crippen LogP contribution in [0.25, 0.3) is 10.8 Å². The van der Waals surface area contributed by atoms with E-state index >= 15 is 0 Å². The van der Waals surface area contributed by atoms with E-state index in [1.54, 1.807) is 30.3 Å². The smallest absolute Gasteiger partial charge is 0.437 e. The lowest BCUT2D eigenvalue weighted by Gasteiger charge is -2.12. The van der Waals surface area contributed by atoms with Crippen molar-refractivity contribution < 1.29 is 19.1 Å². The van der Waals surface area contributed by atoms with Crippen LogP contribution < -0.4 is 10.5 Å². The zero-order valence-corrected chi connectivity index (χ0v) is 14.2. The molecule has 0 amide bonds. The van der Waals surface area contributed by atoms with Gasteiger partial charge < -0.3 is 14.3 Å². The van der Waals surface area contributed by atoms with E-state index in [1.807, 2.05) is 11.4 Å². The zero-order valence-electron chi connectivity index (χ0n) is 13.4. The molecular weight excluding hydrogens is 344 g/mol. The number of aliphatic hydroxyl groups excluding tert-OH is 1. The fourth-order valence-electron chi connectivity index (χ4n) is 2.17. The molecule has 2 aromatic heterocycles. The van der Waals surface area contributed by atoms with E-state index in [0.717, 1.165) is 9.56 Å². The summed E-state index contributed by atoms with van der Waals surface area (Å²) in [6.07, 6.45) is -0.958. The average molecular weight is 360 g/mol. The number of benzene rings is 1. The molecule has 0 aliphatic rings. The van der Waals surface area contributed by atoms with Crippen LogP contribution in [0.1, 0.15) is 17.3 Å². The Morgan fingerprint density at radius 3 is 2.96 bits per heavy atom. The second-order valence-electron chi connectivity index (χ2n) is 5.38. The van der Waals surface area contributed by atoms with Gasteiger partial charge in [0.15, 0.2) is 5.78 Å². The summed E-state index contributed by atoms with van der Waals surface area (Å²) in [4.78, 5) is 23.9. The van der Waals surface area contributed by atoms with Crippen molar-refractivity contribution in [3.63, 3.8) is 0 Å². The van der Waals surface area contributed by atoms with Crippen molar-refractivity contribution in [1.29, 1.82) is 0 Å². The second kappa shape index (κ2) is 7.45. The number of rotatable bonds is 7. The third-order valence-electron chi connectivity index (χ3n) is 3.40. The maximum Gasteiger partial charge on any atom is 0.437 e. The highest BCUT2D eigenvalue weighted by Crippen LogP contribution is 2.21. The number of carbonyl (C=O) groups excluding carboxylic acids is 1. The number of carbonyl (C=O) groups is 1. The van der Waals surface area contributed by atoms with Crippen LogP contribution in [-0.4, -0.2) is 33.4 Å². The third-order valence-corrected chi connectivity index (χ3v) is 4.26. The molecule has 0 aliphatic heterocycles. The van der Waals surface area contributed by atoms with Gasteiger partial charge in [-0.05, 0) is 30.5 Å². The monoisotopic (exact) mass is 360 g/mol. The van der Waals surface area contributed by atoms with Gasteiger partial charge in [-0.2, -0.15) is 4.68 Å². The van der Waals surface area contributed by atoms with Crippen LogP contribution in [0.4, 0.5) is 0 Å². The highest BCUT2D eigenvalue weighted by molar-refractivity contribution is 7.13. The summed E-state index contributed by atoms with van der Waals surface area (Å²) >= 11 is 1.40. The van der Waals surface area contributed by atoms with Gasteiger partial charge in [-0.15, -0.1) is 16.4 Å². The first-order chi connectivity index (χ1) is 12.0. The molecule has 130 valence electrons. The average Bonchev–Trinajstić information content (AvgIpc) is 3.24. The Hall–Kier alpha value is -2.71. The lowest BCUT2D eigenvalue weighted by molar-refractivity contribution is 0.0874. The first-order valence-corrected chi connectivity index (χ1v) is 8.44. The molecule has 7 nitrogen and oxygen atoms in total. The van der Waals surface area contributed by atoms with Gasteiger partial charge in [-0.1, -0.05) is 18.2 Å². The molecule has 8 heteroatoms. The Bertz CT molecular complexity index is 913. The number of nitrogens with zero attached hydrogens (tertiary/aromatic N) is 2. The van der Waals surface area contributed by atoms with E-state index < -0.39 is 11.9 Å². The molecule has 0 saturated heterocycles. The minimum absolute atomic E-state index is 0.0466. The predicted octanol–water partition coefficient (Wildman–Crippen LogP) is 2.21. The Labute approximate surface area is 147 Å². The standard InChI is InChI=1S/C17H16N2O5S/c1-11(20)12-4-2-5-14(8-12)23-10-13(21)9-19-17(22)24-16(18-19)15-6-3-7-25-15/h2-8,13,21H,9-10H2,1H3. The van der Waals surface area contributed by atoms with Gasteiger partial charge in [0.05, 0.1) is 11.4 Å². The van der Waals surface area contributed by atoms with Crippen LogP contribution in [-0.2, 0) is 6.54 Å². The summed E-state index contributed by atoms with van der Waals surface area (Å²) in [5, 5.41) is 16.0. The molecule has 1 unspecified atom stereocenters. The van der Waals surface area contributed by atoms with Crippen LogP contribution in [0.2, 0.25) is 0 Å². The van der Waals surface area contributed by atoms with Crippen molar-refractivity contribution in [3.8, 4) is 16.5 Å². The van der Waals surface area contributed by atoms with Gasteiger partial charge in [0.25, 0.3) is 5.89 Å². The van der Waals surface area contributed by atoms with Crippen molar-refractivity contribution in [1.82, 2.24) is 9.78 Å². The molecule has 1 aromatic carbocycles. The molecule has 3 rings (SSSR count). The zero-order chi connectivity index (χ0) is 17.8. The molecule has 1 atom stereocenters. The van der Waals surface area contributed by atoms with E-state index in [0.29, 0.717) is 11.3 Å². The Morgan fingerprint density at radius 2 is 2.24 bits per heavy atom. The maximum absolute atomic E-state index is 11.8. The molecular formula is C17H16N2O5S. The SMILES string of the molecule is CC(=O)c1cccc(OCC(O)Cn2nc(-c3cccs3)oc2=O)c1. The Morgan fingerprint density at radius 1 is 1.40 bits per heavy atom. The van der Waals surface area contributed by atoms with E-state index in [4.69, 9.17) is 9.15 Å². The van der Waals surface area contributed by atoms with Crippen LogP contribution in [0.15, 0.2) is 51.0 Å². The van der Waals surface area contributed by atoms with Gasteiger partial charge in [0, 0.05) is 5.56 Å². The summed E-state index contributed by atoms with van der Waals surface area (Å²) in [7, 11) is 0. The number of ether oxygens (including phenoxy) is 1. The molecule has 0 saturated carbocycles. The van der Waals surface area contributed by atoms with Crippen LogP contribution >= 0.6 is 11.3 Å². The van der Waals surface area contributed by atoms with E-state index in [1.165, 1.54) is 18.3 Å². The summed E-state index contributed by atoms with van der Waals surface area (Å²) in [6, 6.07) is 10.3. The Kier molecular flexibility index (Phi) is 5.11. The maximum atomic E-state index is 11.8. The normalized spacial score (nSPS) is 12.1. The van der Waals surface area contributed by atoms with Crippen LogP contribution in [0.3, 0.4) is 0 Å². The molecule has 2 heterocycles. The number of hydrogen-bond acceptors (Lipinski definition) is 7. The van der Waals surface area contributed by atoms with E-state index in [2.05, 4.69) is 5.10 Å². The molecule has 0 fully saturated rings. The van der Waals surface area contributed by atoms with E-state index in [9.17, 15) is 14.7 Å². The number of ketones is 1. The first-order valence-electron chi connectivity index (χ1n) is 7.56. The van der Waals surface area contributed by atoms with Gasteiger partial charge in [0.1, 0.15) is 18.5 Å². The fourth-order valence-corrected chi connectivity index (χ4v) is 2.82. The summed E-state index contributed by atoms with van der Waals surface area (Å²) < 4.78 is 11.6. The van der Waals surface area contributed by atoms with Crippen molar-refractivity contribution >= 4 is 17.1 Å². The van der Waals surface area contributed by atoms with Gasteiger partial charge in [0.2, 0.25) is 0 Å². The predicted molar refractivity (Wildman–Crippen MR) is 92.0 cm³/mol. The van der Waals surface area contributed by atoms with Crippen LogP contribution in [0.5, 0.6) is 5.75 Å². The van der Waals surface area contributed by atoms with Crippen molar-refractivity contribution in [2.75, 3.05) is 6.61 Å². The summed E-state index contributed by atoms with van der Waals surface area (Å²) in [6.45, 7) is 1.37. The van der Waals surface area contributed by atoms with E-state index in [-0.39, 0.29) is 24.8 Å². The van der Waals surface area contributed by atoms with Gasteiger partial charge >= 0.3 is 5.76 Å². The molecule has 1 N–H and O–H groups in total. The lowest BCUT2D eigenvalue weighted by atomic mass is 10.1. The molecule has 3 aromatic rings. The second-order valence-corrected chi connectivity index (χ2v) is 6.33. The van der Waals surface area contributed by atoms with Crippen molar-refractivity contribution in [2.45, 2.75) is 19.6 Å². The van der Waals surface area contributed by atoms with Gasteiger partial charge in [-0.25, -0.2) is 4.79 Å². The third kappa shape index (κ3) is 4.23. The molecule has 0 bridgehead atoms. The molecule has 25 heavy (non-hydrogen) atoms. The summed E-state index contributed by atoms with van der Waals surface area (Å²) in [5.74, 6) is -0.0110.